The first-order valence-electron chi connectivity index (χ1n) is 11.1. The van der Waals surface area contributed by atoms with Crippen LogP contribution >= 0.6 is 0 Å². The number of amides is 1. The van der Waals surface area contributed by atoms with Crippen molar-refractivity contribution < 1.29 is 27.4 Å². The van der Waals surface area contributed by atoms with E-state index >= 15 is 0 Å². The van der Waals surface area contributed by atoms with Crippen LogP contribution in [0, 0.1) is 0 Å². The molecular formula is C24H23F3N4O3. The van der Waals surface area contributed by atoms with E-state index in [-0.39, 0.29) is 11.6 Å². The fourth-order valence-corrected chi connectivity index (χ4v) is 4.30. The molecule has 34 heavy (non-hydrogen) atoms. The highest BCUT2D eigenvalue weighted by Gasteiger charge is 2.33. The highest BCUT2D eigenvalue weighted by atomic mass is 19.4. The number of rotatable bonds is 4. The SMILES string of the molecule is O=C(Nc1cc(C2=CCOCC2)c2nc(C3CCOCC3)cn2c1)c1cccc(C(F)(F)F)n1. The third-order valence-corrected chi connectivity index (χ3v) is 6.05. The normalized spacial score (nSPS) is 17.6. The third-order valence-electron chi connectivity index (χ3n) is 6.05. The van der Waals surface area contributed by atoms with Gasteiger partial charge in [0.1, 0.15) is 17.0 Å². The molecule has 10 heteroatoms. The fraction of sp³-hybridized carbons (Fsp3) is 0.375. The van der Waals surface area contributed by atoms with E-state index in [1.54, 1.807) is 12.3 Å². The van der Waals surface area contributed by atoms with E-state index in [2.05, 4.69) is 10.3 Å². The zero-order valence-corrected chi connectivity index (χ0v) is 18.3. The van der Waals surface area contributed by atoms with Gasteiger partial charge in [0.25, 0.3) is 5.91 Å². The van der Waals surface area contributed by atoms with Crippen molar-refractivity contribution in [3.63, 3.8) is 0 Å². The van der Waals surface area contributed by atoms with Gasteiger partial charge in [0.05, 0.1) is 24.6 Å². The summed E-state index contributed by atoms with van der Waals surface area (Å²) in [7, 11) is 0. The van der Waals surface area contributed by atoms with Gasteiger partial charge in [-0.1, -0.05) is 12.1 Å². The molecule has 7 nitrogen and oxygen atoms in total. The number of carbonyl (C=O) groups excluding carboxylic acids is 1. The van der Waals surface area contributed by atoms with Gasteiger partial charge < -0.3 is 19.2 Å². The number of alkyl halides is 3. The molecule has 5 heterocycles. The maximum atomic E-state index is 13.0. The molecule has 2 aliphatic rings. The van der Waals surface area contributed by atoms with Crippen LogP contribution in [0.25, 0.3) is 11.2 Å². The Kier molecular flexibility index (Phi) is 6.09. The van der Waals surface area contributed by atoms with Gasteiger partial charge in [-0.15, -0.1) is 0 Å². The van der Waals surface area contributed by atoms with E-state index in [1.807, 2.05) is 16.7 Å². The number of nitrogens with zero attached hydrogens (tertiary/aromatic N) is 3. The minimum Gasteiger partial charge on any atom is -0.381 e. The first-order chi connectivity index (χ1) is 16.4. The van der Waals surface area contributed by atoms with Crippen LogP contribution in [0.3, 0.4) is 0 Å². The summed E-state index contributed by atoms with van der Waals surface area (Å²) in [4.78, 5) is 21.1. The summed E-state index contributed by atoms with van der Waals surface area (Å²) in [5.41, 5.74) is 2.65. The van der Waals surface area contributed by atoms with E-state index in [0.29, 0.717) is 38.5 Å². The Morgan fingerprint density at radius 2 is 1.91 bits per heavy atom. The Morgan fingerprint density at radius 3 is 2.65 bits per heavy atom. The molecule has 3 aromatic heterocycles. The summed E-state index contributed by atoms with van der Waals surface area (Å²) in [5, 5.41) is 2.70. The lowest BCUT2D eigenvalue weighted by atomic mass is 9.97. The van der Waals surface area contributed by atoms with Gasteiger partial charge in [-0.25, -0.2) is 9.97 Å². The van der Waals surface area contributed by atoms with Crippen LogP contribution in [0.1, 0.15) is 52.6 Å². The molecular weight excluding hydrogens is 449 g/mol. The van der Waals surface area contributed by atoms with Crippen LogP contribution in [0.15, 0.2) is 42.7 Å². The minimum atomic E-state index is -4.63. The standard InChI is InChI=1S/C24H23F3N4O3/c25-24(26,27)21-3-1-2-19(29-21)23(32)28-17-12-18(15-4-8-33-9-5-15)22-30-20(14-31(22)13-17)16-6-10-34-11-7-16/h1-4,12-14,16H,5-11H2,(H,28,32). The van der Waals surface area contributed by atoms with E-state index in [1.165, 1.54) is 12.1 Å². The van der Waals surface area contributed by atoms with Crippen molar-refractivity contribution in [3.05, 3.63) is 65.4 Å². The predicted molar refractivity (Wildman–Crippen MR) is 119 cm³/mol. The highest BCUT2D eigenvalue weighted by molar-refractivity contribution is 6.03. The Balaban J connectivity index is 1.51. The van der Waals surface area contributed by atoms with Crippen LogP contribution in [0.2, 0.25) is 0 Å². The molecule has 0 saturated carbocycles. The van der Waals surface area contributed by atoms with Crippen LogP contribution in [0.5, 0.6) is 0 Å². The maximum Gasteiger partial charge on any atom is 0.433 e. The quantitative estimate of drug-likeness (QED) is 0.596. The number of carbonyl (C=O) groups is 1. The van der Waals surface area contributed by atoms with Crippen molar-refractivity contribution in [2.45, 2.75) is 31.4 Å². The monoisotopic (exact) mass is 472 g/mol. The molecule has 0 aliphatic carbocycles. The van der Waals surface area contributed by atoms with Gasteiger partial charge in [0.15, 0.2) is 0 Å². The Morgan fingerprint density at radius 1 is 1.09 bits per heavy atom. The predicted octanol–water partition coefficient (Wildman–Crippen LogP) is 4.70. The molecule has 1 saturated heterocycles. The van der Waals surface area contributed by atoms with E-state index < -0.39 is 17.8 Å². The number of anilines is 1. The van der Waals surface area contributed by atoms with Crippen LogP contribution in [0.4, 0.5) is 18.9 Å². The minimum absolute atomic E-state index is 0.289. The van der Waals surface area contributed by atoms with E-state index in [0.717, 1.165) is 41.4 Å². The van der Waals surface area contributed by atoms with Gasteiger partial charge in [-0.05, 0) is 43.0 Å². The highest BCUT2D eigenvalue weighted by Crippen LogP contribution is 2.32. The van der Waals surface area contributed by atoms with Crippen LogP contribution in [-0.4, -0.2) is 46.7 Å². The zero-order chi connectivity index (χ0) is 23.7. The number of hydrogen-bond donors (Lipinski definition) is 1. The summed E-state index contributed by atoms with van der Waals surface area (Å²) in [6.07, 6.45) is 3.51. The lowest BCUT2D eigenvalue weighted by Crippen LogP contribution is -2.17. The van der Waals surface area contributed by atoms with Gasteiger partial charge in [-0.3, -0.25) is 4.79 Å². The average molecular weight is 472 g/mol. The number of aromatic nitrogens is 3. The molecule has 0 aromatic carbocycles. The number of pyridine rings is 2. The summed E-state index contributed by atoms with van der Waals surface area (Å²) in [6, 6.07) is 5.06. The molecule has 1 fully saturated rings. The van der Waals surface area contributed by atoms with Crippen LogP contribution in [-0.2, 0) is 15.7 Å². The Bertz CT molecular complexity index is 1250. The molecule has 1 N–H and O–H groups in total. The molecule has 0 spiro atoms. The number of nitrogens with one attached hydrogen (secondary N) is 1. The first-order valence-corrected chi connectivity index (χ1v) is 11.1. The van der Waals surface area contributed by atoms with Crippen molar-refractivity contribution in [1.29, 1.82) is 0 Å². The Hall–Kier alpha value is -3.24. The molecule has 1 amide bonds. The smallest absolute Gasteiger partial charge is 0.381 e. The maximum absolute atomic E-state index is 13.0. The molecule has 2 aliphatic heterocycles. The molecule has 0 unspecified atom stereocenters. The lowest BCUT2D eigenvalue weighted by molar-refractivity contribution is -0.141. The summed E-state index contributed by atoms with van der Waals surface area (Å²) in [5.74, 6) is -0.431. The molecule has 0 atom stereocenters. The molecule has 0 bridgehead atoms. The lowest BCUT2D eigenvalue weighted by Gasteiger charge is -2.19. The first kappa shape index (κ1) is 22.5. The van der Waals surface area contributed by atoms with Gasteiger partial charge in [-0.2, -0.15) is 13.2 Å². The largest absolute Gasteiger partial charge is 0.433 e. The number of fused-ring (bicyclic) bond motifs is 1. The second-order valence-corrected chi connectivity index (χ2v) is 8.34. The second kappa shape index (κ2) is 9.19. The summed E-state index contributed by atoms with van der Waals surface area (Å²) >= 11 is 0. The summed E-state index contributed by atoms with van der Waals surface area (Å²) < 4.78 is 51.8. The van der Waals surface area contributed by atoms with Crippen LogP contribution < -0.4 is 5.32 Å². The van der Waals surface area contributed by atoms with Crippen molar-refractivity contribution in [3.8, 4) is 0 Å². The van der Waals surface area contributed by atoms with Gasteiger partial charge >= 0.3 is 6.18 Å². The van der Waals surface area contributed by atoms with Crippen molar-refractivity contribution in [1.82, 2.24) is 14.4 Å². The van der Waals surface area contributed by atoms with Crippen molar-refractivity contribution in [2.24, 2.45) is 0 Å². The van der Waals surface area contributed by atoms with E-state index in [4.69, 9.17) is 14.5 Å². The van der Waals surface area contributed by atoms with Crippen molar-refractivity contribution in [2.75, 3.05) is 31.7 Å². The van der Waals surface area contributed by atoms with E-state index in [9.17, 15) is 18.0 Å². The second-order valence-electron chi connectivity index (χ2n) is 8.34. The molecule has 5 rings (SSSR count). The molecule has 0 radical (unpaired) electrons. The number of hydrogen-bond acceptors (Lipinski definition) is 5. The number of imidazole rings is 1. The topological polar surface area (TPSA) is 77.8 Å². The zero-order valence-electron chi connectivity index (χ0n) is 18.3. The van der Waals surface area contributed by atoms with Gasteiger partial charge in [0.2, 0.25) is 0 Å². The van der Waals surface area contributed by atoms with Crippen molar-refractivity contribution >= 4 is 22.8 Å². The fourth-order valence-electron chi connectivity index (χ4n) is 4.30. The number of halogens is 3. The Labute approximate surface area is 193 Å². The molecule has 3 aromatic rings. The average Bonchev–Trinajstić information content (AvgIpc) is 3.28. The summed E-state index contributed by atoms with van der Waals surface area (Å²) in [6.45, 7) is 2.45. The van der Waals surface area contributed by atoms with Gasteiger partial charge in [0, 0.05) is 37.1 Å². The molecule has 178 valence electrons. The third kappa shape index (κ3) is 4.69. The number of ether oxygens (including phenoxy) is 2.